The van der Waals surface area contributed by atoms with Gasteiger partial charge in [-0.15, -0.1) is 0 Å². The van der Waals surface area contributed by atoms with Gasteiger partial charge in [0, 0.05) is 6.07 Å². The van der Waals surface area contributed by atoms with Crippen LogP contribution >= 0.6 is 34.2 Å². The Morgan fingerprint density at radius 1 is 1.70 bits per heavy atom. The third kappa shape index (κ3) is 1.49. The second kappa shape index (κ2) is 2.87. The second-order valence-electron chi connectivity index (χ2n) is 1.57. The number of aromatic hydroxyl groups is 1. The molecule has 0 atom stereocenters. The lowest BCUT2D eigenvalue weighted by Gasteiger charge is -1.96. The zero-order valence-corrected chi connectivity index (χ0v) is 7.52. The SMILES string of the molecule is Oc1cc(F)c(Cl)nc1I. The van der Waals surface area contributed by atoms with E-state index in [0.717, 1.165) is 6.07 Å². The fourth-order valence-corrected chi connectivity index (χ4v) is 1.11. The van der Waals surface area contributed by atoms with Crippen molar-refractivity contribution in [3.8, 4) is 5.75 Å². The molecule has 0 aliphatic rings. The molecule has 1 rings (SSSR count). The molecule has 0 spiro atoms. The number of hydrogen-bond acceptors (Lipinski definition) is 2. The first kappa shape index (κ1) is 8.00. The molecule has 5 heteroatoms. The summed E-state index contributed by atoms with van der Waals surface area (Å²) in [7, 11) is 0. The van der Waals surface area contributed by atoms with Gasteiger partial charge in [0.2, 0.25) is 0 Å². The molecule has 1 aromatic rings. The van der Waals surface area contributed by atoms with Crippen molar-refractivity contribution in [2.24, 2.45) is 0 Å². The number of pyridine rings is 1. The minimum atomic E-state index is -0.709. The third-order valence-corrected chi connectivity index (χ3v) is 1.93. The van der Waals surface area contributed by atoms with Gasteiger partial charge in [0.05, 0.1) is 0 Å². The van der Waals surface area contributed by atoms with Gasteiger partial charge in [0.25, 0.3) is 0 Å². The quantitative estimate of drug-likeness (QED) is 0.580. The van der Waals surface area contributed by atoms with E-state index < -0.39 is 5.82 Å². The summed E-state index contributed by atoms with van der Waals surface area (Å²) in [4.78, 5) is 3.50. The summed E-state index contributed by atoms with van der Waals surface area (Å²) in [6.45, 7) is 0. The first-order valence-corrected chi connectivity index (χ1v) is 3.77. The number of hydrogen-bond donors (Lipinski definition) is 1. The van der Waals surface area contributed by atoms with E-state index in [-0.39, 0.29) is 10.9 Å². The number of aromatic nitrogens is 1. The Kier molecular flexibility index (Phi) is 2.30. The monoisotopic (exact) mass is 273 g/mol. The zero-order valence-electron chi connectivity index (χ0n) is 4.61. The van der Waals surface area contributed by atoms with Gasteiger partial charge in [-0.25, -0.2) is 9.37 Å². The van der Waals surface area contributed by atoms with Crippen LogP contribution in [0.4, 0.5) is 4.39 Å². The minimum Gasteiger partial charge on any atom is -0.505 e. The standard InChI is InChI=1S/C5H2ClFINO/c6-4-2(7)1-3(10)5(8)9-4/h1,10H. The van der Waals surface area contributed by atoms with Crippen molar-refractivity contribution >= 4 is 34.2 Å². The molecule has 0 radical (unpaired) electrons. The van der Waals surface area contributed by atoms with E-state index in [2.05, 4.69) is 4.98 Å². The van der Waals surface area contributed by atoms with Gasteiger partial charge in [-0.05, 0) is 22.6 Å². The molecule has 54 valence electrons. The maximum atomic E-state index is 12.4. The number of nitrogens with zero attached hydrogens (tertiary/aromatic N) is 1. The Labute approximate surface area is 75.2 Å². The lowest BCUT2D eigenvalue weighted by atomic mass is 10.4. The molecule has 0 unspecified atom stereocenters. The van der Waals surface area contributed by atoms with Crippen LogP contribution < -0.4 is 0 Å². The Bertz CT molecular complexity index is 218. The highest BCUT2D eigenvalue weighted by Gasteiger charge is 2.05. The van der Waals surface area contributed by atoms with Crippen LogP contribution in [0.25, 0.3) is 0 Å². The van der Waals surface area contributed by atoms with Gasteiger partial charge in [-0.3, -0.25) is 0 Å². The summed E-state index contributed by atoms with van der Waals surface area (Å²) >= 11 is 7.04. The van der Waals surface area contributed by atoms with E-state index in [4.69, 9.17) is 16.7 Å². The van der Waals surface area contributed by atoms with Crippen LogP contribution in [0.1, 0.15) is 0 Å². The number of rotatable bonds is 0. The lowest BCUT2D eigenvalue weighted by Crippen LogP contribution is -1.86. The molecule has 10 heavy (non-hydrogen) atoms. The molecule has 0 amide bonds. The van der Waals surface area contributed by atoms with E-state index in [9.17, 15) is 4.39 Å². The van der Waals surface area contributed by atoms with Gasteiger partial charge < -0.3 is 5.11 Å². The first-order chi connectivity index (χ1) is 4.61. The van der Waals surface area contributed by atoms with Crippen LogP contribution in [-0.2, 0) is 0 Å². The normalized spacial score (nSPS) is 9.90. The predicted molar refractivity (Wildman–Crippen MR) is 43.6 cm³/mol. The molecular formula is C5H2ClFINO. The van der Waals surface area contributed by atoms with Crippen LogP contribution in [0, 0.1) is 9.52 Å². The molecule has 0 aliphatic carbocycles. The minimum absolute atomic E-state index is 0.192. The van der Waals surface area contributed by atoms with Crippen LogP contribution in [0.3, 0.4) is 0 Å². The highest BCUT2D eigenvalue weighted by Crippen LogP contribution is 2.22. The predicted octanol–water partition coefficient (Wildman–Crippen LogP) is 2.18. The van der Waals surface area contributed by atoms with E-state index in [0.29, 0.717) is 3.70 Å². The fourth-order valence-electron chi connectivity index (χ4n) is 0.436. The summed E-state index contributed by atoms with van der Waals surface area (Å²) in [5.74, 6) is -0.901. The molecular weight excluding hydrogens is 271 g/mol. The molecule has 0 saturated heterocycles. The maximum Gasteiger partial charge on any atom is 0.166 e. The summed E-state index contributed by atoms with van der Waals surface area (Å²) < 4.78 is 12.7. The third-order valence-electron chi connectivity index (χ3n) is 0.868. The highest BCUT2D eigenvalue weighted by molar-refractivity contribution is 14.1. The average molecular weight is 273 g/mol. The second-order valence-corrected chi connectivity index (χ2v) is 2.95. The van der Waals surface area contributed by atoms with Crippen molar-refractivity contribution < 1.29 is 9.50 Å². The van der Waals surface area contributed by atoms with Gasteiger partial charge >= 0.3 is 0 Å². The Morgan fingerprint density at radius 3 is 2.80 bits per heavy atom. The van der Waals surface area contributed by atoms with Crippen molar-refractivity contribution in [1.82, 2.24) is 4.98 Å². The van der Waals surface area contributed by atoms with E-state index in [1.54, 1.807) is 22.6 Å². The fraction of sp³-hybridized carbons (Fsp3) is 0. The van der Waals surface area contributed by atoms with Crippen molar-refractivity contribution in [3.63, 3.8) is 0 Å². The average Bonchev–Trinajstić information content (AvgIpc) is 1.84. The number of halogens is 3. The van der Waals surface area contributed by atoms with Crippen LogP contribution in [0.5, 0.6) is 5.75 Å². The van der Waals surface area contributed by atoms with Crippen LogP contribution in [0.15, 0.2) is 6.07 Å². The maximum absolute atomic E-state index is 12.4. The van der Waals surface area contributed by atoms with E-state index in [1.807, 2.05) is 0 Å². The summed E-state index contributed by atoms with van der Waals surface area (Å²) in [5, 5.41) is 8.64. The first-order valence-electron chi connectivity index (χ1n) is 2.32. The van der Waals surface area contributed by atoms with Gasteiger partial charge in [-0.2, -0.15) is 0 Å². The molecule has 1 N–H and O–H groups in total. The van der Waals surface area contributed by atoms with Crippen molar-refractivity contribution in [2.45, 2.75) is 0 Å². The van der Waals surface area contributed by atoms with Gasteiger partial charge in [0.15, 0.2) is 11.0 Å². The van der Waals surface area contributed by atoms with Crippen molar-refractivity contribution in [2.75, 3.05) is 0 Å². The van der Waals surface area contributed by atoms with Crippen LogP contribution in [0.2, 0.25) is 5.15 Å². The van der Waals surface area contributed by atoms with Crippen molar-refractivity contribution in [3.05, 3.63) is 20.7 Å². The molecule has 1 heterocycles. The molecule has 0 bridgehead atoms. The topological polar surface area (TPSA) is 33.1 Å². The summed E-state index contributed by atoms with van der Waals surface area (Å²) in [5.41, 5.74) is 0. The van der Waals surface area contributed by atoms with Crippen molar-refractivity contribution in [1.29, 1.82) is 0 Å². The largest absolute Gasteiger partial charge is 0.505 e. The Morgan fingerprint density at radius 2 is 2.30 bits per heavy atom. The summed E-state index contributed by atoms with van der Waals surface area (Å²) in [6.07, 6.45) is 0. The summed E-state index contributed by atoms with van der Waals surface area (Å²) in [6, 6.07) is 0.928. The molecule has 0 aliphatic heterocycles. The molecule has 1 aromatic heterocycles. The van der Waals surface area contributed by atoms with E-state index >= 15 is 0 Å². The molecule has 0 fully saturated rings. The van der Waals surface area contributed by atoms with Gasteiger partial charge in [0.1, 0.15) is 9.45 Å². The Balaban J connectivity index is 3.28. The molecule has 2 nitrogen and oxygen atoms in total. The van der Waals surface area contributed by atoms with Crippen LogP contribution in [-0.4, -0.2) is 10.1 Å². The van der Waals surface area contributed by atoms with Gasteiger partial charge in [-0.1, -0.05) is 11.6 Å². The van der Waals surface area contributed by atoms with E-state index in [1.165, 1.54) is 0 Å². The Hall–Kier alpha value is -0.100. The molecule has 0 aromatic carbocycles. The smallest absolute Gasteiger partial charge is 0.166 e. The molecule has 0 saturated carbocycles. The highest BCUT2D eigenvalue weighted by atomic mass is 127. The lowest BCUT2D eigenvalue weighted by molar-refractivity contribution is 0.460. The zero-order chi connectivity index (χ0) is 7.72.